The van der Waals surface area contributed by atoms with Crippen LogP contribution in [0.2, 0.25) is 0 Å². The second-order valence-electron chi connectivity index (χ2n) is 9.65. The van der Waals surface area contributed by atoms with Gasteiger partial charge in [-0.15, -0.1) is 0 Å². The minimum Gasteiger partial charge on any atom is -0.345 e. The Labute approximate surface area is 178 Å². The highest BCUT2D eigenvalue weighted by atomic mass is 16.2. The summed E-state index contributed by atoms with van der Waals surface area (Å²) in [6.07, 6.45) is 7.55. The lowest BCUT2D eigenvalue weighted by Gasteiger charge is -2.56. The van der Waals surface area contributed by atoms with Gasteiger partial charge < -0.3 is 20.9 Å². The number of amides is 4. The highest BCUT2D eigenvalue weighted by Gasteiger charge is 2.51. The Kier molecular flexibility index (Phi) is 5.71. The SMILES string of the molecule is CN(C)C(=O)c1ccc(NC(=O)CCNC(=O)NC23CC4CC(CC(C4)C2)C3)cc1. The second-order valence-corrected chi connectivity index (χ2v) is 9.65. The first-order chi connectivity index (χ1) is 14.3. The van der Waals surface area contributed by atoms with Gasteiger partial charge in [0, 0.05) is 43.9 Å². The van der Waals surface area contributed by atoms with Crippen molar-refractivity contribution < 1.29 is 14.4 Å². The molecule has 0 heterocycles. The minimum atomic E-state index is -0.170. The summed E-state index contributed by atoms with van der Waals surface area (Å²) in [6, 6.07) is 6.64. The van der Waals surface area contributed by atoms with E-state index in [9.17, 15) is 14.4 Å². The van der Waals surface area contributed by atoms with Crippen LogP contribution in [0.1, 0.15) is 55.3 Å². The first-order valence-electron chi connectivity index (χ1n) is 11.0. The van der Waals surface area contributed by atoms with Crippen LogP contribution in [0.25, 0.3) is 0 Å². The molecule has 4 amide bonds. The fraction of sp³-hybridized carbons (Fsp3) is 0.609. The average molecular weight is 413 g/mol. The van der Waals surface area contributed by atoms with Crippen molar-refractivity contribution in [3.05, 3.63) is 29.8 Å². The molecule has 0 aromatic heterocycles. The molecule has 0 saturated heterocycles. The number of benzene rings is 1. The van der Waals surface area contributed by atoms with Gasteiger partial charge in [0.05, 0.1) is 0 Å². The zero-order chi connectivity index (χ0) is 21.3. The van der Waals surface area contributed by atoms with Crippen LogP contribution in [0.5, 0.6) is 0 Å². The molecule has 7 heteroatoms. The van der Waals surface area contributed by atoms with Gasteiger partial charge in [0.1, 0.15) is 0 Å². The smallest absolute Gasteiger partial charge is 0.315 e. The predicted octanol–water partition coefficient (Wildman–Crippen LogP) is 2.99. The molecule has 162 valence electrons. The first kappa shape index (κ1) is 20.7. The van der Waals surface area contributed by atoms with Crippen LogP contribution >= 0.6 is 0 Å². The number of nitrogens with one attached hydrogen (secondary N) is 3. The third-order valence-electron chi connectivity index (χ3n) is 6.88. The molecule has 3 N–H and O–H groups in total. The van der Waals surface area contributed by atoms with Crippen LogP contribution in [-0.4, -0.2) is 48.9 Å². The molecule has 7 nitrogen and oxygen atoms in total. The van der Waals surface area contributed by atoms with Gasteiger partial charge in [0.15, 0.2) is 0 Å². The summed E-state index contributed by atoms with van der Waals surface area (Å²) < 4.78 is 0. The summed E-state index contributed by atoms with van der Waals surface area (Å²) in [7, 11) is 3.40. The maximum Gasteiger partial charge on any atom is 0.315 e. The number of urea groups is 1. The summed E-state index contributed by atoms with van der Waals surface area (Å²) >= 11 is 0. The van der Waals surface area contributed by atoms with E-state index in [-0.39, 0.29) is 29.8 Å². The third kappa shape index (κ3) is 4.60. The zero-order valence-corrected chi connectivity index (χ0v) is 17.9. The van der Waals surface area contributed by atoms with Gasteiger partial charge in [-0.1, -0.05) is 0 Å². The van der Waals surface area contributed by atoms with Crippen LogP contribution in [0.3, 0.4) is 0 Å². The summed E-state index contributed by atoms with van der Waals surface area (Å²) in [5, 5.41) is 8.91. The molecule has 0 aliphatic heterocycles. The number of rotatable bonds is 6. The molecule has 4 aliphatic carbocycles. The van der Waals surface area contributed by atoms with Crippen molar-refractivity contribution in [3.8, 4) is 0 Å². The topological polar surface area (TPSA) is 90.5 Å². The number of anilines is 1. The molecule has 0 radical (unpaired) electrons. The van der Waals surface area contributed by atoms with Gasteiger partial charge in [-0.05, 0) is 80.5 Å². The molecule has 0 spiro atoms. The molecule has 4 bridgehead atoms. The van der Waals surface area contributed by atoms with Gasteiger partial charge >= 0.3 is 6.03 Å². The van der Waals surface area contributed by atoms with E-state index in [1.54, 1.807) is 38.4 Å². The molecule has 1 aromatic rings. The summed E-state index contributed by atoms with van der Waals surface area (Å²) in [5.41, 5.74) is 1.18. The molecular formula is C23H32N4O3. The fourth-order valence-electron chi connectivity index (χ4n) is 6.02. The Hall–Kier alpha value is -2.57. The van der Waals surface area contributed by atoms with E-state index < -0.39 is 0 Å². The van der Waals surface area contributed by atoms with E-state index in [1.165, 1.54) is 24.2 Å². The molecule has 0 atom stereocenters. The highest BCUT2D eigenvalue weighted by Crippen LogP contribution is 2.55. The number of carbonyl (C=O) groups is 3. The monoisotopic (exact) mass is 412 g/mol. The molecule has 0 unspecified atom stereocenters. The summed E-state index contributed by atoms with van der Waals surface area (Å²) in [6.45, 7) is 0.293. The van der Waals surface area contributed by atoms with Gasteiger partial charge in [0.25, 0.3) is 5.91 Å². The average Bonchev–Trinajstić information content (AvgIpc) is 2.66. The van der Waals surface area contributed by atoms with Crippen LogP contribution < -0.4 is 16.0 Å². The lowest BCUT2D eigenvalue weighted by molar-refractivity contribution is -0.116. The minimum absolute atomic E-state index is 0.0210. The first-order valence-corrected chi connectivity index (χ1v) is 11.0. The van der Waals surface area contributed by atoms with E-state index >= 15 is 0 Å². The highest BCUT2D eigenvalue weighted by molar-refractivity contribution is 5.95. The predicted molar refractivity (Wildman–Crippen MR) is 115 cm³/mol. The number of hydrogen-bond donors (Lipinski definition) is 3. The van der Waals surface area contributed by atoms with Gasteiger partial charge in [-0.25, -0.2) is 4.79 Å². The number of nitrogens with zero attached hydrogens (tertiary/aromatic N) is 1. The van der Waals surface area contributed by atoms with E-state index in [1.807, 2.05) is 0 Å². The quantitative estimate of drug-likeness (QED) is 0.671. The van der Waals surface area contributed by atoms with E-state index in [2.05, 4.69) is 16.0 Å². The van der Waals surface area contributed by atoms with E-state index in [4.69, 9.17) is 0 Å². The van der Waals surface area contributed by atoms with Gasteiger partial charge in [0.2, 0.25) is 5.91 Å². The van der Waals surface area contributed by atoms with Crippen molar-refractivity contribution >= 4 is 23.5 Å². The van der Waals surface area contributed by atoms with Crippen molar-refractivity contribution in [1.82, 2.24) is 15.5 Å². The van der Waals surface area contributed by atoms with Crippen LogP contribution in [0.4, 0.5) is 10.5 Å². The van der Waals surface area contributed by atoms with E-state index in [0.717, 1.165) is 37.0 Å². The fourth-order valence-corrected chi connectivity index (χ4v) is 6.02. The maximum atomic E-state index is 12.4. The van der Waals surface area contributed by atoms with E-state index in [0.29, 0.717) is 17.8 Å². The standard InChI is InChI=1S/C23H32N4O3/c1-27(2)21(29)18-3-5-19(6-4-18)25-20(28)7-8-24-22(30)26-23-12-15-9-16(13-23)11-17(10-15)14-23/h3-6,15-17H,7-14H2,1-2H3,(H,25,28)(H2,24,26,30). The number of hydrogen-bond acceptors (Lipinski definition) is 3. The van der Waals surface area contributed by atoms with Crippen molar-refractivity contribution in [2.45, 2.75) is 50.5 Å². The Bertz CT molecular complexity index is 783. The molecule has 4 fully saturated rings. The molecule has 1 aromatic carbocycles. The second kappa shape index (κ2) is 8.28. The van der Waals surface area contributed by atoms with Gasteiger partial charge in [-0.2, -0.15) is 0 Å². The van der Waals surface area contributed by atoms with Crippen molar-refractivity contribution in [3.63, 3.8) is 0 Å². The largest absolute Gasteiger partial charge is 0.345 e. The third-order valence-corrected chi connectivity index (χ3v) is 6.88. The lowest BCUT2D eigenvalue weighted by atomic mass is 9.53. The number of carbonyl (C=O) groups excluding carboxylic acids is 3. The molecule has 4 saturated carbocycles. The molecule has 5 rings (SSSR count). The lowest BCUT2D eigenvalue weighted by Crippen LogP contribution is -2.61. The van der Waals surface area contributed by atoms with Crippen molar-refractivity contribution in [2.24, 2.45) is 17.8 Å². The van der Waals surface area contributed by atoms with Crippen LogP contribution in [0, 0.1) is 17.8 Å². The maximum absolute atomic E-state index is 12.4. The normalized spacial score (nSPS) is 28.7. The summed E-state index contributed by atoms with van der Waals surface area (Å²) in [4.78, 5) is 38.0. The molecule has 4 aliphatic rings. The molecule has 30 heavy (non-hydrogen) atoms. The Morgan fingerprint density at radius 1 is 0.967 bits per heavy atom. The Balaban J connectivity index is 1.19. The van der Waals surface area contributed by atoms with Crippen LogP contribution in [-0.2, 0) is 4.79 Å². The molecular weight excluding hydrogens is 380 g/mol. The zero-order valence-electron chi connectivity index (χ0n) is 17.9. The van der Waals surface area contributed by atoms with Crippen LogP contribution in [0.15, 0.2) is 24.3 Å². The van der Waals surface area contributed by atoms with Crippen molar-refractivity contribution in [1.29, 1.82) is 0 Å². The summed E-state index contributed by atoms with van der Waals surface area (Å²) in [5.74, 6) is 2.09. The Morgan fingerprint density at radius 3 is 2.07 bits per heavy atom. The Morgan fingerprint density at radius 2 is 1.53 bits per heavy atom. The van der Waals surface area contributed by atoms with Crippen molar-refractivity contribution in [2.75, 3.05) is 26.0 Å². The van der Waals surface area contributed by atoms with Gasteiger partial charge in [-0.3, -0.25) is 9.59 Å².